The SMILES string of the molecule is C=CCOC(=O)[C@H](CC(C)C)[C@H](CC=C)C(=O)O. The molecule has 0 aromatic carbocycles. The number of carboxylic acid groups (broad SMARTS) is 1. The van der Waals surface area contributed by atoms with Gasteiger partial charge in [0.25, 0.3) is 0 Å². The Bertz CT molecular complexity index is 307. The van der Waals surface area contributed by atoms with Crippen LogP contribution < -0.4 is 0 Å². The third kappa shape index (κ3) is 5.66. The molecule has 4 heteroatoms. The number of carbonyl (C=O) groups excluding carboxylic acids is 1. The normalized spacial score (nSPS) is 13.7. The molecule has 0 aliphatic heterocycles. The molecule has 1 N–H and O–H groups in total. The molecule has 0 aliphatic rings. The van der Waals surface area contributed by atoms with E-state index in [2.05, 4.69) is 13.2 Å². The van der Waals surface area contributed by atoms with Crippen LogP contribution in [-0.4, -0.2) is 23.7 Å². The lowest BCUT2D eigenvalue weighted by Gasteiger charge is -2.22. The van der Waals surface area contributed by atoms with Crippen molar-refractivity contribution >= 4 is 11.9 Å². The quantitative estimate of drug-likeness (QED) is 0.507. The van der Waals surface area contributed by atoms with Crippen molar-refractivity contribution < 1.29 is 19.4 Å². The number of allylic oxidation sites excluding steroid dienone is 1. The number of carbonyl (C=O) groups is 2. The second kappa shape index (κ2) is 8.50. The summed E-state index contributed by atoms with van der Waals surface area (Å²) in [4.78, 5) is 23.1. The minimum atomic E-state index is -0.990. The maximum absolute atomic E-state index is 11.9. The summed E-state index contributed by atoms with van der Waals surface area (Å²) in [5, 5.41) is 9.19. The number of carboxylic acids is 1. The highest BCUT2D eigenvalue weighted by atomic mass is 16.5. The van der Waals surface area contributed by atoms with Gasteiger partial charge in [0.1, 0.15) is 6.61 Å². The third-order valence-corrected chi connectivity index (χ3v) is 2.60. The molecule has 0 amide bonds. The van der Waals surface area contributed by atoms with E-state index in [0.717, 1.165) is 0 Å². The first-order chi connectivity index (χ1) is 8.43. The van der Waals surface area contributed by atoms with Crippen LogP contribution in [0.25, 0.3) is 0 Å². The molecule has 0 fully saturated rings. The molecule has 2 atom stereocenters. The van der Waals surface area contributed by atoms with E-state index in [9.17, 15) is 14.7 Å². The first-order valence-electron chi connectivity index (χ1n) is 6.05. The van der Waals surface area contributed by atoms with Gasteiger partial charge in [0.05, 0.1) is 11.8 Å². The standard InChI is InChI=1S/C14H22O4/c1-5-7-11(13(15)16)12(9-10(3)4)14(17)18-8-6-2/h5-6,10-12H,1-2,7-9H2,3-4H3,(H,15,16)/t11-,12+/m0/s1. The summed E-state index contributed by atoms with van der Waals surface area (Å²) in [6.07, 6.45) is 3.73. The van der Waals surface area contributed by atoms with E-state index in [1.165, 1.54) is 12.2 Å². The van der Waals surface area contributed by atoms with Gasteiger partial charge in [-0.05, 0) is 18.8 Å². The Balaban J connectivity index is 4.91. The van der Waals surface area contributed by atoms with Gasteiger partial charge in [-0.1, -0.05) is 32.6 Å². The molecule has 0 bridgehead atoms. The van der Waals surface area contributed by atoms with Crippen LogP contribution in [0.5, 0.6) is 0 Å². The monoisotopic (exact) mass is 254 g/mol. The molecule has 0 rings (SSSR count). The fourth-order valence-electron chi connectivity index (χ4n) is 1.80. The average molecular weight is 254 g/mol. The predicted molar refractivity (Wildman–Crippen MR) is 70.0 cm³/mol. The minimum absolute atomic E-state index is 0.105. The Kier molecular flexibility index (Phi) is 7.76. The topological polar surface area (TPSA) is 63.6 Å². The number of hydrogen-bond donors (Lipinski definition) is 1. The van der Waals surface area contributed by atoms with Gasteiger partial charge in [-0.3, -0.25) is 9.59 Å². The van der Waals surface area contributed by atoms with Crippen molar-refractivity contribution in [3.05, 3.63) is 25.3 Å². The number of ether oxygens (including phenoxy) is 1. The van der Waals surface area contributed by atoms with Crippen molar-refractivity contribution in [2.24, 2.45) is 17.8 Å². The molecule has 18 heavy (non-hydrogen) atoms. The summed E-state index contributed by atoms with van der Waals surface area (Å²) in [5.41, 5.74) is 0. The molecule has 0 heterocycles. The largest absolute Gasteiger partial charge is 0.481 e. The Morgan fingerprint density at radius 3 is 2.22 bits per heavy atom. The first-order valence-corrected chi connectivity index (χ1v) is 6.05. The van der Waals surface area contributed by atoms with Gasteiger partial charge >= 0.3 is 11.9 Å². The maximum atomic E-state index is 11.9. The molecule has 0 spiro atoms. The Hall–Kier alpha value is -1.58. The highest BCUT2D eigenvalue weighted by molar-refractivity contribution is 5.81. The van der Waals surface area contributed by atoms with Crippen molar-refractivity contribution in [3.8, 4) is 0 Å². The minimum Gasteiger partial charge on any atom is -0.481 e. The smallest absolute Gasteiger partial charge is 0.310 e. The zero-order valence-electron chi connectivity index (χ0n) is 11.1. The van der Waals surface area contributed by atoms with Crippen LogP contribution in [0.3, 0.4) is 0 Å². The van der Waals surface area contributed by atoms with Gasteiger partial charge in [0, 0.05) is 0 Å². The van der Waals surface area contributed by atoms with E-state index in [4.69, 9.17) is 4.74 Å². The van der Waals surface area contributed by atoms with Gasteiger partial charge < -0.3 is 9.84 Å². The molecule has 0 radical (unpaired) electrons. The van der Waals surface area contributed by atoms with Crippen molar-refractivity contribution in [1.82, 2.24) is 0 Å². The predicted octanol–water partition coefficient (Wildman–Crippen LogP) is 2.65. The van der Waals surface area contributed by atoms with E-state index in [-0.39, 0.29) is 18.9 Å². The zero-order chi connectivity index (χ0) is 14.1. The second-order valence-corrected chi connectivity index (χ2v) is 4.62. The van der Waals surface area contributed by atoms with Crippen LogP contribution in [0.2, 0.25) is 0 Å². The van der Waals surface area contributed by atoms with Crippen LogP contribution in [0, 0.1) is 17.8 Å². The summed E-state index contributed by atoms with van der Waals surface area (Å²) in [6, 6.07) is 0. The van der Waals surface area contributed by atoms with E-state index in [0.29, 0.717) is 6.42 Å². The third-order valence-electron chi connectivity index (χ3n) is 2.60. The molecule has 0 aromatic heterocycles. The molecule has 0 aromatic rings. The Morgan fingerprint density at radius 2 is 1.83 bits per heavy atom. The van der Waals surface area contributed by atoms with E-state index in [1.54, 1.807) is 0 Å². The molecule has 102 valence electrons. The second-order valence-electron chi connectivity index (χ2n) is 4.62. The zero-order valence-corrected chi connectivity index (χ0v) is 11.1. The van der Waals surface area contributed by atoms with Gasteiger partial charge in [0.2, 0.25) is 0 Å². The van der Waals surface area contributed by atoms with Crippen molar-refractivity contribution in [2.75, 3.05) is 6.61 Å². The number of esters is 1. The first kappa shape index (κ1) is 16.4. The summed E-state index contributed by atoms with van der Waals surface area (Å²) < 4.78 is 4.98. The maximum Gasteiger partial charge on any atom is 0.310 e. The average Bonchev–Trinajstić information content (AvgIpc) is 2.29. The lowest BCUT2D eigenvalue weighted by molar-refractivity contribution is -0.157. The molecular formula is C14H22O4. The summed E-state index contributed by atoms with van der Waals surface area (Å²) in [5.74, 6) is -2.66. The van der Waals surface area contributed by atoms with Gasteiger partial charge in [-0.2, -0.15) is 0 Å². The van der Waals surface area contributed by atoms with Gasteiger partial charge in [0.15, 0.2) is 0 Å². The number of rotatable bonds is 9. The fraction of sp³-hybridized carbons (Fsp3) is 0.571. The molecular weight excluding hydrogens is 232 g/mol. The van der Waals surface area contributed by atoms with Crippen molar-refractivity contribution in [1.29, 1.82) is 0 Å². The van der Waals surface area contributed by atoms with Gasteiger partial charge in [-0.25, -0.2) is 0 Å². The van der Waals surface area contributed by atoms with Crippen molar-refractivity contribution in [3.63, 3.8) is 0 Å². The van der Waals surface area contributed by atoms with Crippen LogP contribution in [0.1, 0.15) is 26.7 Å². The molecule has 0 saturated heterocycles. The molecule has 0 unspecified atom stereocenters. The van der Waals surface area contributed by atoms with Crippen LogP contribution in [-0.2, 0) is 14.3 Å². The van der Waals surface area contributed by atoms with Crippen molar-refractivity contribution in [2.45, 2.75) is 26.7 Å². The summed E-state index contributed by atoms with van der Waals surface area (Å²) >= 11 is 0. The van der Waals surface area contributed by atoms with Gasteiger partial charge in [-0.15, -0.1) is 6.58 Å². The lowest BCUT2D eigenvalue weighted by atomic mass is 9.83. The van der Waals surface area contributed by atoms with Crippen LogP contribution in [0.15, 0.2) is 25.3 Å². The fourth-order valence-corrected chi connectivity index (χ4v) is 1.80. The summed E-state index contributed by atoms with van der Waals surface area (Å²) in [6.45, 7) is 11.0. The van der Waals surface area contributed by atoms with Crippen LogP contribution in [0.4, 0.5) is 0 Å². The lowest BCUT2D eigenvalue weighted by Crippen LogP contribution is -2.32. The summed E-state index contributed by atoms with van der Waals surface area (Å²) in [7, 11) is 0. The highest BCUT2D eigenvalue weighted by Gasteiger charge is 2.34. The number of hydrogen-bond acceptors (Lipinski definition) is 3. The Morgan fingerprint density at radius 1 is 1.22 bits per heavy atom. The van der Waals surface area contributed by atoms with E-state index >= 15 is 0 Å². The Labute approximate surface area is 108 Å². The van der Waals surface area contributed by atoms with E-state index in [1.807, 2.05) is 13.8 Å². The molecule has 4 nitrogen and oxygen atoms in total. The number of aliphatic carboxylic acids is 1. The molecule has 0 saturated carbocycles. The van der Waals surface area contributed by atoms with Crippen LogP contribution >= 0.6 is 0 Å². The highest BCUT2D eigenvalue weighted by Crippen LogP contribution is 2.25. The molecule has 0 aliphatic carbocycles. The van der Waals surface area contributed by atoms with E-state index < -0.39 is 23.8 Å².